The van der Waals surface area contributed by atoms with Crippen molar-refractivity contribution in [2.24, 2.45) is 0 Å². The first-order chi connectivity index (χ1) is 14.6. The van der Waals surface area contributed by atoms with Crippen LogP contribution in [0.1, 0.15) is 12.5 Å². The summed E-state index contributed by atoms with van der Waals surface area (Å²) < 4.78 is 44.6. The van der Waals surface area contributed by atoms with Crippen LogP contribution in [0.3, 0.4) is 0 Å². The van der Waals surface area contributed by atoms with E-state index in [4.69, 9.17) is 27.9 Å². The molecule has 0 radical (unpaired) electrons. The van der Waals surface area contributed by atoms with Crippen LogP contribution in [0.2, 0.25) is 10.0 Å². The summed E-state index contributed by atoms with van der Waals surface area (Å²) in [4.78, 5) is 12.6. The Morgan fingerprint density at radius 1 is 1.26 bits per heavy atom. The molecule has 0 aromatic heterocycles. The van der Waals surface area contributed by atoms with E-state index in [9.17, 15) is 17.6 Å². The zero-order valence-electron chi connectivity index (χ0n) is 17.2. The monoisotopic (exact) mass is 508 g/mol. The lowest BCUT2D eigenvalue weighted by molar-refractivity contribution is -0.121. The topological polar surface area (TPSA) is 75.7 Å². The number of thioether (sulfide) groups is 1. The highest BCUT2D eigenvalue weighted by atomic mass is 35.5. The highest BCUT2D eigenvalue weighted by molar-refractivity contribution is 7.98. The molecule has 2 rings (SSSR count). The van der Waals surface area contributed by atoms with Gasteiger partial charge < -0.3 is 10.1 Å². The predicted molar refractivity (Wildman–Crippen MR) is 125 cm³/mol. The Kier molecular flexibility index (Phi) is 9.29. The van der Waals surface area contributed by atoms with Gasteiger partial charge in [0.15, 0.2) is 0 Å². The van der Waals surface area contributed by atoms with E-state index in [0.717, 1.165) is 10.6 Å². The number of hydrogen-bond acceptors (Lipinski definition) is 5. The molecule has 0 unspecified atom stereocenters. The van der Waals surface area contributed by atoms with Crippen molar-refractivity contribution in [1.29, 1.82) is 0 Å². The Balaban J connectivity index is 1.98. The van der Waals surface area contributed by atoms with Crippen LogP contribution in [0.15, 0.2) is 36.4 Å². The second-order valence-electron chi connectivity index (χ2n) is 6.60. The molecule has 0 saturated heterocycles. The zero-order chi connectivity index (χ0) is 23.2. The molecule has 170 valence electrons. The Morgan fingerprint density at radius 3 is 2.55 bits per heavy atom. The van der Waals surface area contributed by atoms with Gasteiger partial charge in [0.1, 0.15) is 17.6 Å². The molecule has 31 heavy (non-hydrogen) atoms. The third-order valence-electron chi connectivity index (χ3n) is 4.33. The maximum absolute atomic E-state index is 13.8. The molecule has 0 bridgehead atoms. The van der Waals surface area contributed by atoms with Crippen molar-refractivity contribution in [2.75, 3.05) is 30.0 Å². The standard InChI is InChI=1S/C20H23Cl2FN2O4S2/c1-13(25(31(3,27)28)14-7-8-19(29-2)17(22)11-14)20(26)24-9-10-30-12-15-16(21)5-4-6-18(15)23/h4-8,11,13H,9-10,12H2,1-3H3,(H,24,26)/t13-/m0/s1. The van der Waals surface area contributed by atoms with Gasteiger partial charge in [-0.2, -0.15) is 11.8 Å². The Bertz CT molecular complexity index is 1020. The largest absolute Gasteiger partial charge is 0.495 e. The van der Waals surface area contributed by atoms with Gasteiger partial charge in [-0.1, -0.05) is 29.3 Å². The zero-order valence-corrected chi connectivity index (χ0v) is 20.3. The van der Waals surface area contributed by atoms with Gasteiger partial charge >= 0.3 is 0 Å². The fourth-order valence-corrected chi connectivity index (χ4v) is 5.46. The van der Waals surface area contributed by atoms with Crippen LogP contribution in [0.5, 0.6) is 5.75 Å². The Morgan fingerprint density at radius 2 is 1.97 bits per heavy atom. The summed E-state index contributed by atoms with van der Waals surface area (Å²) >= 11 is 13.5. The molecule has 0 spiro atoms. The molecular weight excluding hydrogens is 486 g/mol. The van der Waals surface area contributed by atoms with Gasteiger partial charge in [0.25, 0.3) is 0 Å². The number of rotatable bonds is 10. The van der Waals surface area contributed by atoms with Crippen molar-refractivity contribution in [1.82, 2.24) is 5.32 Å². The van der Waals surface area contributed by atoms with Gasteiger partial charge in [0.05, 0.1) is 24.1 Å². The first-order valence-corrected chi connectivity index (χ1v) is 12.9. The quantitative estimate of drug-likeness (QED) is 0.483. The van der Waals surface area contributed by atoms with E-state index in [1.165, 1.54) is 56.1 Å². The lowest BCUT2D eigenvalue weighted by Gasteiger charge is -2.28. The molecule has 0 aliphatic heterocycles. The van der Waals surface area contributed by atoms with E-state index >= 15 is 0 Å². The molecule has 0 aliphatic rings. The van der Waals surface area contributed by atoms with Crippen molar-refractivity contribution < 1.29 is 22.3 Å². The molecule has 2 aromatic carbocycles. The number of sulfonamides is 1. The third-order valence-corrected chi connectivity index (χ3v) is 7.21. The highest BCUT2D eigenvalue weighted by Gasteiger charge is 2.29. The maximum atomic E-state index is 13.8. The van der Waals surface area contributed by atoms with Crippen LogP contribution in [0, 0.1) is 5.82 Å². The van der Waals surface area contributed by atoms with E-state index in [-0.39, 0.29) is 23.1 Å². The smallest absolute Gasteiger partial charge is 0.243 e. The number of halogens is 3. The number of carbonyl (C=O) groups excluding carboxylic acids is 1. The molecule has 0 saturated carbocycles. The summed E-state index contributed by atoms with van der Waals surface area (Å²) in [5, 5.41) is 3.29. The van der Waals surface area contributed by atoms with Gasteiger partial charge in [0.2, 0.25) is 15.9 Å². The van der Waals surface area contributed by atoms with Gasteiger partial charge in [-0.05, 0) is 37.3 Å². The molecule has 0 aliphatic carbocycles. The van der Waals surface area contributed by atoms with Crippen LogP contribution in [0.25, 0.3) is 0 Å². The average molecular weight is 509 g/mol. The number of hydrogen-bond donors (Lipinski definition) is 1. The minimum atomic E-state index is -3.77. The van der Waals surface area contributed by atoms with E-state index in [1.54, 1.807) is 6.07 Å². The van der Waals surface area contributed by atoms with E-state index in [1.807, 2.05) is 0 Å². The molecule has 2 aromatic rings. The van der Waals surface area contributed by atoms with E-state index in [2.05, 4.69) is 5.32 Å². The lowest BCUT2D eigenvalue weighted by atomic mass is 10.2. The van der Waals surface area contributed by atoms with Crippen LogP contribution in [-0.2, 0) is 20.6 Å². The first kappa shape index (κ1) is 25.6. The van der Waals surface area contributed by atoms with E-state index in [0.29, 0.717) is 27.8 Å². The summed E-state index contributed by atoms with van der Waals surface area (Å²) in [5.74, 6) is 0.400. The van der Waals surface area contributed by atoms with Crippen LogP contribution < -0.4 is 14.4 Å². The number of nitrogens with zero attached hydrogens (tertiary/aromatic N) is 1. The predicted octanol–water partition coefficient (Wildman–Crippen LogP) is 4.35. The SMILES string of the molecule is COc1ccc(N([C@@H](C)C(=O)NCCSCc2c(F)cccc2Cl)S(C)(=O)=O)cc1Cl. The number of nitrogens with one attached hydrogen (secondary N) is 1. The van der Waals surface area contributed by atoms with Crippen LogP contribution in [-0.4, -0.2) is 46.0 Å². The Hall–Kier alpha value is -1.68. The molecule has 6 nitrogen and oxygen atoms in total. The van der Waals surface area contributed by atoms with Crippen molar-refractivity contribution in [3.05, 3.63) is 57.8 Å². The van der Waals surface area contributed by atoms with Crippen molar-refractivity contribution in [3.8, 4) is 5.75 Å². The minimum Gasteiger partial charge on any atom is -0.495 e. The number of carbonyl (C=O) groups is 1. The number of anilines is 1. The summed E-state index contributed by atoms with van der Waals surface area (Å²) in [6, 6.07) is 7.97. The number of benzene rings is 2. The van der Waals surface area contributed by atoms with E-state index < -0.39 is 22.0 Å². The second-order valence-corrected chi connectivity index (χ2v) is 10.4. The average Bonchev–Trinajstić information content (AvgIpc) is 2.68. The number of methoxy groups -OCH3 is 1. The van der Waals surface area contributed by atoms with Crippen LogP contribution in [0.4, 0.5) is 10.1 Å². The lowest BCUT2D eigenvalue weighted by Crippen LogP contribution is -2.48. The normalized spacial score (nSPS) is 12.3. The fraction of sp³-hybridized carbons (Fsp3) is 0.350. The molecule has 0 fully saturated rings. The van der Waals surface area contributed by atoms with Crippen molar-refractivity contribution in [3.63, 3.8) is 0 Å². The summed E-state index contributed by atoms with van der Waals surface area (Å²) in [7, 11) is -2.32. The van der Waals surface area contributed by atoms with Gasteiger partial charge in [-0.25, -0.2) is 12.8 Å². The fourth-order valence-electron chi connectivity index (χ4n) is 2.84. The van der Waals surface area contributed by atoms with Crippen molar-refractivity contribution >= 4 is 56.6 Å². The maximum Gasteiger partial charge on any atom is 0.243 e. The van der Waals surface area contributed by atoms with Gasteiger partial charge in [0, 0.05) is 28.6 Å². The first-order valence-electron chi connectivity index (χ1n) is 9.17. The molecule has 1 atom stereocenters. The Labute approximate surface area is 196 Å². The molecule has 1 amide bonds. The molecular formula is C20H23Cl2FN2O4S2. The molecule has 1 N–H and O–H groups in total. The molecule has 11 heteroatoms. The van der Waals surface area contributed by atoms with Gasteiger partial charge in [-0.15, -0.1) is 0 Å². The summed E-state index contributed by atoms with van der Waals surface area (Å²) in [5.41, 5.74) is 0.660. The minimum absolute atomic E-state index is 0.226. The second kappa shape index (κ2) is 11.3. The van der Waals surface area contributed by atoms with Gasteiger partial charge in [-0.3, -0.25) is 9.10 Å². The number of amides is 1. The van der Waals surface area contributed by atoms with Crippen LogP contribution >= 0.6 is 35.0 Å². The third kappa shape index (κ3) is 6.90. The van der Waals surface area contributed by atoms with Crippen molar-refractivity contribution in [2.45, 2.75) is 18.7 Å². The highest BCUT2D eigenvalue weighted by Crippen LogP contribution is 2.31. The summed E-state index contributed by atoms with van der Waals surface area (Å²) in [6.07, 6.45) is 1.02. The summed E-state index contributed by atoms with van der Waals surface area (Å²) in [6.45, 7) is 1.77. The number of ether oxygens (including phenoxy) is 1. The molecule has 0 heterocycles.